The number of carbonyl (C=O) groups excluding carboxylic acids is 1. The predicted molar refractivity (Wildman–Crippen MR) is 88.5 cm³/mol. The highest BCUT2D eigenvalue weighted by molar-refractivity contribution is 7.92. The van der Waals surface area contributed by atoms with E-state index in [1.165, 1.54) is 17.5 Å². The van der Waals surface area contributed by atoms with Gasteiger partial charge in [-0.1, -0.05) is 13.0 Å². The number of rotatable bonds is 2. The molecule has 2 N–H and O–H groups in total. The summed E-state index contributed by atoms with van der Waals surface area (Å²) in [6.45, 7) is 2.23. The first kappa shape index (κ1) is 14.6. The third-order valence-electron chi connectivity index (χ3n) is 6.55. The molecule has 0 saturated heterocycles. The Morgan fingerprint density at radius 2 is 2.14 bits per heavy atom. The second-order valence-corrected chi connectivity index (χ2v) is 7.73. The Morgan fingerprint density at radius 3 is 2.95 bits per heavy atom. The maximum absolute atomic E-state index is 12.3. The van der Waals surface area contributed by atoms with Gasteiger partial charge in [-0.15, -0.1) is 0 Å². The first-order valence-corrected chi connectivity index (χ1v) is 9.13. The third kappa shape index (κ3) is 2.04. The summed E-state index contributed by atoms with van der Waals surface area (Å²) >= 11 is 0.903. The van der Waals surface area contributed by atoms with Crippen LogP contribution in [0.2, 0.25) is 0 Å². The summed E-state index contributed by atoms with van der Waals surface area (Å²) < 4.78 is 5.36. The summed E-state index contributed by atoms with van der Waals surface area (Å²) in [7, 11) is 0. The zero-order valence-electron chi connectivity index (χ0n) is 13.0. The van der Waals surface area contributed by atoms with Crippen molar-refractivity contribution in [2.75, 3.05) is 0 Å². The summed E-state index contributed by atoms with van der Waals surface area (Å²) in [4.78, 5) is 12.3. The van der Waals surface area contributed by atoms with Crippen LogP contribution >= 0.6 is 12.2 Å². The molecular weight excluding hydrogens is 294 g/mol. The van der Waals surface area contributed by atoms with Gasteiger partial charge in [0, 0.05) is 11.8 Å². The van der Waals surface area contributed by atoms with Gasteiger partial charge in [0.05, 0.1) is 0 Å². The normalized spacial score (nSPS) is 36.5. The maximum Gasteiger partial charge on any atom is 0.140 e. The van der Waals surface area contributed by atoms with Crippen molar-refractivity contribution in [2.24, 2.45) is 22.4 Å². The minimum atomic E-state index is -0.0298. The van der Waals surface area contributed by atoms with Crippen molar-refractivity contribution in [1.29, 1.82) is 0 Å². The number of fused-ring (bicyclic) bond motifs is 5. The Hall–Kier alpha value is -1.00. The molecule has 0 amide bonds. The molecule has 3 aliphatic rings. The van der Waals surface area contributed by atoms with E-state index in [0.29, 0.717) is 23.5 Å². The average molecular weight is 317 g/mol. The Kier molecular flexibility index (Phi) is 3.50. The molecule has 2 saturated carbocycles. The van der Waals surface area contributed by atoms with Crippen molar-refractivity contribution in [3.8, 4) is 5.75 Å². The zero-order valence-corrected chi connectivity index (χ0v) is 13.8. The summed E-state index contributed by atoms with van der Waals surface area (Å²) in [6, 6.07) is 6.42. The first-order valence-electron chi connectivity index (χ1n) is 8.33. The molecular formula is C18H23NO2S. The highest BCUT2D eigenvalue weighted by Crippen LogP contribution is 2.59. The van der Waals surface area contributed by atoms with Crippen LogP contribution in [0.25, 0.3) is 0 Å². The molecule has 1 aromatic carbocycles. The van der Waals surface area contributed by atoms with Gasteiger partial charge in [0.25, 0.3) is 0 Å². The van der Waals surface area contributed by atoms with Gasteiger partial charge in [-0.3, -0.25) is 4.79 Å². The topological polar surface area (TPSA) is 52.3 Å². The lowest BCUT2D eigenvalue weighted by atomic mass is 9.55. The average Bonchev–Trinajstić information content (AvgIpc) is 2.83. The van der Waals surface area contributed by atoms with Crippen molar-refractivity contribution in [3.63, 3.8) is 0 Å². The molecule has 4 atom stereocenters. The van der Waals surface area contributed by atoms with Gasteiger partial charge < -0.3 is 4.18 Å². The van der Waals surface area contributed by atoms with Crippen molar-refractivity contribution in [1.82, 2.24) is 0 Å². The van der Waals surface area contributed by atoms with Crippen molar-refractivity contribution < 1.29 is 8.98 Å². The number of ketones is 1. The molecule has 118 valence electrons. The fourth-order valence-corrected chi connectivity index (χ4v) is 5.65. The van der Waals surface area contributed by atoms with Crippen LogP contribution in [0.3, 0.4) is 0 Å². The van der Waals surface area contributed by atoms with E-state index in [2.05, 4.69) is 19.1 Å². The monoisotopic (exact) mass is 317 g/mol. The number of nitrogens with two attached hydrogens (primary N) is 1. The van der Waals surface area contributed by atoms with Crippen molar-refractivity contribution in [2.45, 2.75) is 51.4 Å². The van der Waals surface area contributed by atoms with E-state index in [4.69, 9.17) is 9.32 Å². The van der Waals surface area contributed by atoms with Crippen molar-refractivity contribution >= 4 is 18.0 Å². The molecule has 0 heterocycles. The number of hydrogen-bond donors (Lipinski definition) is 1. The Labute approximate surface area is 136 Å². The molecule has 4 unspecified atom stereocenters. The Morgan fingerprint density at radius 1 is 1.27 bits per heavy atom. The molecule has 0 spiro atoms. The Balaban J connectivity index is 1.66. The SMILES string of the molecule is CC12CCC3c4ccc(OSN)cc4CCC3C1CCC2=O. The highest BCUT2D eigenvalue weighted by Gasteiger charge is 2.54. The van der Waals surface area contributed by atoms with Gasteiger partial charge in [0.1, 0.15) is 23.8 Å². The standard InChI is InChI=1S/C18H23NO2S/c1-18-9-8-14-13-5-3-12(21-22-19)10-11(13)2-4-15(14)16(18)6-7-17(18)20/h3,5,10,14-16H,2,4,6-9,19H2,1H3. The highest BCUT2D eigenvalue weighted by atomic mass is 32.2. The second-order valence-electron chi connectivity index (χ2n) is 7.37. The minimum Gasteiger partial charge on any atom is -0.410 e. The molecule has 4 heteroatoms. The van der Waals surface area contributed by atoms with E-state index in [9.17, 15) is 4.79 Å². The van der Waals surface area contributed by atoms with Gasteiger partial charge in [0.2, 0.25) is 0 Å². The van der Waals surface area contributed by atoms with Gasteiger partial charge in [-0.2, -0.15) is 0 Å². The fourth-order valence-electron chi connectivity index (χ4n) is 5.44. The van der Waals surface area contributed by atoms with Gasteiger partial charge in [0.15, 0.2) is 0 Å². The number of hydrogen-bond acceptors (Lipinski definition) is 4. The molecule has 22 heavy (non-hydrogen) atoms. The van der Waals surface area contributed by atoms with E-state index in [1.54, 1.807) is 0 Å². The van der Waals surface area contributed by atoms with Crippen LogP contribution in [-0.2, 0) is 11.2 Å². The summed E-state index contributed by atoms with van der Waals surface area (Å²) in [5.41, 5.74) is 2.88. The number of Topliss-reactive ketones (excluding diaryl/α,β-unsaturated/α-hetero) is 1. The van der Waals surface area contributed by atoms with E-state index in [0.717, 1.165) is 50.1 Å². The van der Waals surface area contributed by atoms with Crippen LogP contribution < -0.4 is 9.32 Å². The van der Waals surface area contributed by atoms with Crippen LogP contribution in [-0.4, -0.2) is 5.78 Å². The van der Waals surface area contributed by atoms with Gasteiger partial charge in [-0.25, -0.2) is 5.14 Å². The summed E-state index contributed by atoms with van der Waals surface area (Å²) in [5, 5.41) is 5.39. The number of carbonyl (C=O) groups is 1. The molecule has 3 nitrogen and oxygen atoms in total. The smallest absolute Gasteiger partial charge is 0.140 e. The van der Waals surface area contributed by atoms with Crippen LogP contribution in [0.4, 0.5) is 0 Å². The largest absolute Gasteiger partial charge is 0.410 e. The minimum absolute atomic E-state index is 0.0298. The van der Waals surface area contributed by atoms with Gasteiger partial charge in [-0.05, 0) is 73.1 Å². The van der Waals surface area contributed by atoms with Crippen LogP contribution in [0, 0.1) is 17.3 Å². The first-order chi connectivity index (χ1) is 10.6. The summed E-state index contributed by atoms with van der Waals surface area (Å²) in [6.07, 6.45) is 6.44. The predicted octanol–water partition coefficient (Wildman–Crippen LogP) is 4.01. The summed E-state index contributed by atoms with van der Waals surface area (Å²) in [5.74, 6) is 3.29. The van der Waals surface area contributed by atoms with E-state index in [1.807, 2.05) is 6.07 Å². The fraction of sp³-hybridized carbons (Fsp3) is 0.611. The molecule has 0 bridgehead atoms. The molecule has 0 aromatic heterocycles. The second kappa shape index (κ2) is 5.27. The quantitative estimate of drug-likeness (QED) is 0.661. The molecule has 3 aliphatic carbocycles. The van der Waals surface area contributed by atoms with Crippen LogP contribution in [0.1, 0.15) is 56.1 Å². The van der Waals surface area contributed by atoms with Crippen molar-refractivity contribution in [3.05, 3.63) is 29.3 Å². The third-order valence-corrected chi connectivity index (χ3v) is 6.84. The van der Waals surface area contributed by atoms with Crippen LogP contribution in [0.15, 0.2) is 18.2 Å². The van der Waals surface area contributed by atoms with E-state index >= 15 is 0 Å². The molecule has 2 fully saturated rings. The Bertz CT molecular complexity index is 617. The van der Waals surface area contributed by atoms with E-state index < -0.39 is 0 Å². The molecule has 4 rings (SSSR count). The molecule has 0 radical (unpaired) electrons. The number of benzene rings is 1. The number of aryl methyl sites for hydroxylation is 1. The molecule has 0 aliphatic heterocycles. The van der Waals surface area contributed by atoms with Gasteiger partial charge >= 0.3 is 0 Å². The lowest BCUT2D eigenvalue weighted by Crippen LogP contribution is -2.42. The molecule has 1 aromatic rings. The zero-order chi connectivity index (χ0) is 15.3. The lowest BCUT2D eigenvalue weighted by Gasteiger charge is -2.48. The van der Waals surface area contributed by atoms with Crippen LogP contribution in [0.5, 0.6) is 5.75 Å². The lowest BCUT2D eigenvalue weighted by molar-refractivity contribution is -0.129. The van der Waals surface area contributed by atoms with E-state index in [-0.39, 0.29) is 5.41 Å². The maximum atomic E-state index is 12.3.